The molecule has 3 aromatic rings. The van der Waals surface area contributed by atoms with Crippen molar-refractivity contribution in [1.29, 1.82) is 0 Å². The number of methoxy groups -OCH3 is 1. The van der Waals surface area contributed by atoms with Gasteiger partial charge in [-0.3, -0.25) is 13.9 Å². The monoisotopic (exact) mass is 375 g/mol. The van der Waals surface area contributed by atoms with Gasteiger partial charge < -0.3 is 13.8 Å². The van der Waals surface area contributed by atoms with Gasteiger partial charge in [-0.15, -0.1) is 0 Å². The molecule has 0 aliphatic carbocycles. The first-order valence-corrected chi connectivity index (χ1v) is 9.08. The van der Waals surface area contributed by atoms with Crippen LogP contribution in [-0.2, 0) is 24.4 Å². The van der Waals surface area contributed by atoms with Crippen LogP contribution < -0.4 is 11.2 Å². The lowest BCUT2D eigenvalue weighted by Crippen LogP contribution is -2.41. The molecule has 9 heteroatoms. The Balaban J connectivity index is 2.22. The van der Waals surface area contributed by atoms with Crippen LogP contribution in [-0.4, -0.2) is 37.6 Å². The summed E-state index contributed by atoms with van der Waals surface area (Å²) in [5.74, 6) is 0.604. The fourth-order valence-corrected chi connectivity index (χ4v) is 3.14. The highest BCUT2D eigenvalue weighted by molar-refractivity contribution is 5.70. The number of ether oxygens (including phenoxy) is 1. The summed E-state index contributed by atoms with van der Waals surface area (Å²) in [6.45, 7) is 7.19. The SMILES string of the molecule is CCCCn1c(=O)n(Cc2c(C)noc2C)c(=O)c2c1ncn2CCOC. The molecule has 0 amide bonds. The summed E-state index contributed by atoms with van der Waals surface area (Å²) in [5, 5.41) is 3.92. The maximum absolute atomic E-state index is 13.2. The maximum Gasteiger partial charge on any atom is 0.333 e. The van der Waals surface area contributed by atoms with Crippen LogP contribution in [0.5, 0.6) is 0 Å². The van der Waals surface area contributed by atoms with Crippen LogP contribution in [0.2, 0.25) is 0 Å². The zero-order valence-corrected chi connectivity index (χ0v) is 16.2. The summed E-state index contributed by atoms with van der Waals surface area (Å²) < 4.78 is 14.9. The average molecular weight is 375 g/mol. The topological polar surface area (TPSA) is 97.1 Å². The van der Waals surface area contributed by atoms with Crippen molar-refractivity contribution in [1.82, 2.24) is 23.8 Å². The van der Waals surface area contributed by atoms with E-state index in [1.165, 1.54) is 4.57 Å². The second kappa shape index (κ2) is 7.91. The van der Waals surface area contributed by atoms with Crippen molar-refractivity contribution in [2.24, 2.45) is 0 Å². The Bertz CT molecular complexity index is 1040. The van der Waals surface area contributed by atoms with Crippen LogP contribution in [0.3, 0.4) is 0 Å². The van der Waals surface area contributed by atoms with E-state index in [9.17, 15) is 9.59 Å². The van der Waals surface area contributed by atoms with Gasteiger partial charge in [0.1, 0.15) is 5.76 Å². The molecule has 0 N–H and O–H groups in total. The van der Waals surface area contributed by atoms with Gasteiger partial charge in [0, 0.05) is 25.8 Å². The normalized spacial score (nSPS) is 11.6. The van der Waals surface area contributed by atoms with E-state index in [2.05, 4.69) is 17.1 Å². The molecule has 0 aliphatic heterocycles. The third kappa shape index (κ3) is 3.46. The Morgan fingerprint density at radius 1 is 1.19 bits per heavy atom. The summed E-state index contributed by atoms with van der Waals surface area (Å²) in [4.78, 5) is 30.6. The average Bonchev–Trinajstić information content (AvgIpc) is 3.21. The first kappa shape index (κ1) is 19.1. The van der Waals surface area contributed by atoms with Crippen LogP contribution >= 0.6 is 0 Å². The summed E-state index contributed by atoms with van der Waals surface area (Å²) in [5.41, 5.74) is 1.53. The number of unbranched alkanes of at least 4 members (excludes halogenated alkanes) is 1. The fraction of sp³-hybridized carbons (Fsp3) is 0.556. The summed E-state index contributed by atoms with van der Waals surface area (Å²) >= 11 is 0. The number of hydrogen-bond donors (Lipinski definition) is 0. The number of aryl methyl sites for hydroxylation is 3. The van der Waals surface area contributed by atoms with E-state index in [1.807, 2.05) is 0 Å². The third-order valence-electron chi connectivity index (χ3n) is 4.75. The van der Waals surface area contributed by atoms with Crippen molar-refractivity contribution in [3.05, 3.63) is 44.2 Å². The molecule has 0 aliphatic rings. The lowest BCUT2D eigenvalue weighted by Gasteiger charge is -2.12. The predicted octanol–water partition coefficient (Wildman–Crippen LogP) is 1.46. The molecule has 0 fully saturated rings. The lowest BCUT2D eigenvalue weighted by atomic mass is 10.2. The minimum Gasteiger partial charge on any atom is -0.383 e. The Morgan fingerprint density at radius 3 is 2.59 bits per heavy atom. The molecule has 0 saturated carbocycles. The number of nitrogens with zero attached hydrogens (tertiary/aromatic N) is 5. The van der Waals surface area contributed by atoms with E-state index < -0.39 is 0 Å². The van der Waals surface area contributed by atoms with E-state index in [-0.39, 0.29) is 17.8 Å². The van der Waals surface area contributed by atoms with Gasteiger partial charge in [-0.05, 0) is 20.3 Å². The van der Waals surface area contributed by atoms with Crippen molar-refractivity contribution < 1.29 is 9.26 Å². The highest BCUT2D eigenvalue weighted by atomic mass is 16.5. The molecule has 0 aromatic carbocycles. The Kier molecular flexibility index (Phi) is 5.59. The van der Waals surface area contributed by atoms with Gasteiger partial charge in [-0.1, -0.05) is 18.5 Å². The van der Waals surface area contributed by atoms with Gasteiger partial charge in [0.05, 0.1) is 25.2 Å². The number of rotatable bonds is 8. The van der Waals surface area contributed by atoms with Gasteiger partial charge in [0.2, 0.25) is 0 Å². The van der Waals surface area contributed by atoms with Crippen LogP contribution in [0, 0.1) is 13.8 Å². The molecule has 3 rings (SSSR count). The highest BCUT2D eigenvalue weighted by Crippen LogP contribution is 2.14. The molecule has 0 unspecified atom stereocenters. The van der Waals surface area contributed by atoms with Gasteiger partial charge in [-0.2, -0.15) is 0 Å². The number of imidazole rings is 1. The minimum atomic E-state index is -0.364. The van der Waals surface area contributed by atoms with Gasteiger partial charge in [-0.25, -0.2) is 9.78 Å². The second-order valence-corrected chi connectivity index (χ2v) is 6.58. The van der Waals surface area contributed by atoms with E-state index in [4.69, 9.17) is 9.26 Å². The summed E-state index contributed by atoms with van der Waals surface area (Å²) in [6.07, 6.45) is 3.35. The number of hydrogen-bond acceptors (Lipinski definition) is 6. The summed E-state index contributed by atoms with van der Waals surface area (Å²) in [7, 11) is 1.60. The first-order chi connectivity index (χ1) is 13.0. The van der Waals surface area contributed by atoms with Gasteiger partial charge in [0.15, 0.2) is 11.2 Å². The molecule has 0 spiro atoms. The number of fused-ring (bicyclic) bond motifs is 1. The molecule has 3 heterocycles. The third-order valence-corrected chi connectivity index (χ3v) is 4.75. The van der Waals surface area contributed by atoms with Crippen molar-refractivity contribution in [2.75, 3.05) is 13.7 Å². The van der Waals surface area contributed by atoms with E-state index >= 15 is 0 Å². The van der Waals surface area contributed by atoms with Gasteiger partial charge in [0.25, 0.3) is 5.56 Å². The first-order valence-electron chi connectivity index (χ1n) is 9.08. The largest absolute Gasteiger partial charge is 0.383 e. The quantitative estimate of drug-likeness (QED) is 0.591. The van der Waals surface area contributed by atoms with Crippen molar-refractivity contribution in [3.63, 3.8) is 0 Å². The Hall–Kier alpha value is -2.68. The zero-order valence-electron chi connectivity index (χ0n) is 16.2. The molecule has 0 bridgehead atoms. The van der Waals surface area contributed by atoms with E-state index in [1.54, 1.807) is 36.4 Å². The Morgan fingerprint density at radius 2 is 1.96 bits per heavy atom. The molecule has 3 aromatic heterocycles. The van der Waals surface area contributed by atoms with Crippen molar-refractivity contribution in [3.8, 4) is 0 Å². The molecule has 27 heavy (non-hydrogen) atoms. The maximum atomic E-state index is 13.2. The smallest absolute Gasteiger partial charge is 0.333 e. The lowest BCUT2D eigenvalue weighted by molar-refractivity contribution is 0.188. The molecule has 9 nitrogen and oxygen atoms in total. The number of aromatic nitrogens is 5. The van der Waals surface area contributed by atoms with E-state index in [0.29, 0.717) is 42.3 Å². The molecule has 0 radical (unpaired) electrons. The summed E-state index contributed by atoms with van der Waals surface area (Å²) in [6, 6.07) is 0. The zero-order chi connectivity index (χ0) is 19.6. The Labute approximate surface area is 156 Å². The van der Waals surface area contributed by atoms with Gasteiger partial charge >= 0.3 is 5.69 Å². The molecular formula is C18H25N5O4. The second-order valence-electron chi connectivity index (χ2n) is 6.58. The minimum absolute atomic E-state index is 0.121. The van der Waals surface area contributed by atoms with Crippen LogP contribution in [0.25, 0.3) is 11.2 Å². The highest BCUT2D eigenvalue weighted by Gasteiger charge is 2.20. The standard InChI is InChI=1S/C18H25N5O4/c1-5-6-7-22-16-15(21(11-19-16)8-9-26-4)17(24)23(18(22)25)10-14-12(2)20-27-13(14)3/h11H,5-10H2,1-4H3. The fourth-order valence-electron chi connectivity index (χ4n) is 3.14. The van der Waals surface area contributed by atoms with Crippen molar-refractivity contribution >= 4 is 11.2 Å². The predicted molar refractivity (Wildman–Crippen MR) is 100 cm³/mol. The molecular weight excluding hydrogens is 350 g/mol. The molecule has 146 valence electrons. The van der Waals surface area contributed by atoms with Crippen LogP contribution in [0.15, 0.2) is 20.4 Å². The van der Waals surface area contributed by atoms with E-state index in [0.717, 1.165) is 18.4 Å². The molecule has 0 atom stereocenters. The van der Waals surface area contributed by atoms with Crippen molar-refractivity contribution in [2.45, 2.75) is 53.2 Å². The van der Waals surface area contributed by atoms with Crippen LogP contribution in [0.1, 0.15) is 36.8 Å². The van der Waals surface area contributed by atoms with Crippen LogP contribution in [0.4, 0.5) is 0 Å². The molecule has 0 saturated heterocycles.